The van der Waals surface area contributed by atoms with Crippen LogP contribution in [0.1, 0.15) is 25.8 Å². The van der Waals surface area contributed by atoms with Crippen LogP contribution in [0.25, 0.3) is 0 Å². The Kier molecular flexibility index (Phi) is 4.56. The van der Waals surface area contributed by atoms with Crippen molar-refractivity contribution in [3.8, 4) is 6.07 Å². The van der Waals surface area contributed by atoms with Gasteiger partial charge in [-0.15, -0.1) is 0 Å². The molecule has 0 aliphatic carbocycles. The second-order valence-corrected chi connectivity index (χ2v) is 5.55. The van der Waals surface area contributed by atoms with E-state index in [-0.39, 0.29) is 11.3 Å². The normalized spacial score (nSPS) is 19.3. The Labute approximate surface area is 118 Å². The fourth-order valence-corrected chi connectivity index (χ4v) is 2.55. The first-order valence-corrected chi connectivity index (χ1v) is 6.88. The summed E-state index contributed by atoms with van der Waals surface area (Å²) in [5, 5.41) is 11.5. The molecule has 108 valence electrons. The van der Waals surface area contributed by atoms with E-state index in [1.807, 2.05) is 0 Å². The molecule has 1 aliphatic rings. The van der Waals surface area contributed by atoms with Crippen LogP contribution in [0.3, 0.4) is 0 Å². The number of likely N-dealkylation sites (tertiary alicyclic amines) is 1. The monoisotopic (exact) mass is 279 g/mol. The zero-order valence-electron chi connectivity index (χ0n) is 11.8. The maximum absolute atomic E-state index is 13.7. The molecule has 1 fully saturated rings. The van der Waals surface area contributed by atoms with Crippen molar-refractivity contribution in [3.05, 3.63) is 29.3 Å². The quantitative estimate of drug-likeness (QED) is 0.921. The van der Waals surface area contributed by atoms with Crippen molar-refractivity contribution >= 4 is 5.69 Å². The summed E-state index contributed by atoms with van der Waals surface area (Å²) in [6.07, 6.45) is 1.03. The van der Waals surface area contributed by atoms with E-state index in [2.05, 4.69) is 24.1 Å². The van der Waals surface area contributed by atoms with Gasteiger partial charge in [0, 0.05) is 19.1 Å². The summed E-state index contributed by atoms with van der Waals surface area (Å²) in [7, 11) is 0. The van der Waals surface area contributed by atoms with Crippen LogP contribution >= 0.6 is 0 Å². The van der Waals surface area contributed by atoms with Crippen LogP contribution in [-0.2, 0) is 0 Å². The third kappa shape index (κ3) is 3.26. The molecule has 1 unspecified atom stereocenters. The average Bonchev–Trinajstić information content (AvgIpc) is 2.86. The van der Waals surface area contributed by atoms with E-state index >= 15 is 0 Å². The Balaban J connectivity index is 1.97. The number of rotatable bonds is 4. The fraction of sp³-hybridized carbons (Fsp3) is 0.533. The summed E-state index contributed by atoms with van der Waals surface area (Å²) in [4.78, 5) is 2.36. The van der Waals surface area contributed by atoms with Crippen LogP contribution in [0.5, 0.6) is 0 Å². The van der Waals surface area contributed by atoms with Crippen LogP contribution in [0.15, 0.2) is 12.1 Å². The summed E-state index contributed by atoms with van der Waals surface area (Å²) in [6, 6.07) is 4.35. The number of nitriles is 1. The minimum absolute atomic E-state index is 0.00241. The van der Waals surface area contributed by atoms with E-state index in [0.717, 1.165) is 31.6 Å². The van der Waals surface area contributed by atoms with Gasteiger partial charge >= 0.3 is 0 Å². The number of hydrogen-bond donors (Lipinski definition) is 1. The molecular weight excluding hydrogens is 260 g/mol. The molecule has 1 heterocycles. The van der Waals surface area contributed by atoms with Crippen LogP contribution < -0.4 is 5.32 Å². The third-order valence-electron chi connectivity index (χ3n) is 3.79. The van der Waals surface area contributed by atoms with Crippen molar-refractivity contribution in [3.63, 3.8) is 0 Å². The van der Waals surface area contributed by atoms with Crippen molar-refractivity contribution in [2.24, 2.45) is 5.92 Å². The number of anilines is 1. The maximum atomic E-state index is 13.7. The molecule has 0 amide bonds. The van der Waals surface area contributed by atoms with Crippen molar-refractivity contribution < 1.29 is 8.78 Å². The van der Waals surface area contributed by atoms with Crippen LogP contribution in [0, 0.1) is 28.9 Å². The van der Waals surface area contributed by atoms with Crippen LogP contribution in [0.4, 0.5) is 14.5 Å². The van der Waals surface area contributed by atoms with E-state index in [4.69, 9.17) is 5.26 Å². The number of hydrogen-bond acceptors (Lipinski definition) is 3. The topological polar surface area (TPSA) is 39.1 Å². The Morgan fingerprint density at radius 2 is 2.05 bits per heavy atom. The average molecular weight is 279 g/mol. The second-order valence-electron chi connectivity index (χ2n) is 5.55. The van der Waals surface area contributed by atoms with Crippen molar-refractivity contribution in [2.45, 2.75) is 26.3 Å². The first-order valence-electron chi connectivity index (χ1n) is 6.88. The van der Waals surface area contributed by atoms with Gasteiger partial charge in [0.2, 0.25) is 0 Å². The largest absolute Gasteiger partial charge is 0.380 e. The number of benzene rings is 1. The van der Waals surface area contributed by atoms with E-state index in [1.165, 1.54) is 0 Å². The van der Waals surface area contributed by atoms with E-state index in [0.29, 0.717) is 18.5 Å². The Bertz CT molecular complexity index is 499. The van der Waals surface area contributed by atoms with Gasteiger partial charge in [-0.25, -0.2) is 8.78 Å². The summed E-state index contributed by atoms with van der Waals surface area (Å²) < 4.78 is 27.4. The highest BCUT2D eigenvalue weighted by Crippen LogP contribution is 2.23. The SMILES string of the molecule is CC(C)N1CCC(CNc2c(F)cc(C#N)cc2F)C1. The van der Waals surface area contributed by atoms with Gasteiger partial charge in [-0.3, -0.25) is 0 Å². The van der Waals surface area contributed by atoms with Gasteiger partial charge in [0.15, 0.2) is 11.6 Å². The molecular formula is C15H19F2N3. The van der Waals surface area contributed by atoms with E-state index < -0.39 is 11.6 Å². The lowest BCUT2D eigenvalue weighted by Crippen LogP contribution is -2.29. The maximum Gasteiger partial charge on any atom is 0.150 e. The fourth-order valence-electron chi connectivity index (χ4n) is 2.55. The molecule has 0 radical (unpaired) electrons. The lowest BCUT2D eigenvalue weighted by Gasteiger charge is -2.20. The first kappa shape index (κ1) is 14.7. The molecule has 1 N–H and O–H groups in total. The minimum Gasteiger partial charge on any atom is -0.380 e. The Morgan fingerprint density at radius 1 is 1.40 bits per heavy atom. The van der Waals surface area contributed by atoms with Crippen LogP contribution in [-0.4, -0.2) is 30.6 Å². The molecule has 0 aromatic heterocycles. The van der Waals surface area contributed by atoms with Crippen LogP contribution in [0.2, 0.25) is 0 Å². The van der Waals surface area contributed by atoms with E-state index in [1.54, 1.807) is 6.07 Å². The molecule has 5 heteroatoms. The van der Waals surface area contributed by atoms with Gasteiger partial charge in [0.05, 0.1) is 11.6 Å². The zero-order valence-corrected chi connectivity index (χ0v) is 11.8. The molecule has 1 aliphatic heterocycles. The molecule has 1 aromatic carbocycles. The smallest absolute Gasteiger partial charge is 0.150 e. The minimum atomic E-state index is -0.708. The van der Waals surface area contributed by atoms with Gasteiger partial charge in [0.1, 0.15) is 5.69 Å². The summed E-state index contributed by atoms with van der Waals surface area (Å²) in [5.41, 5.74) is -0.135. The molecule has 0 spiro atoms. The molecule has 0 saturated carbocycles. The van der Waals surface area contributed by atoms with E-state index in [9.17, 15) is 8.78 Å². The summed E-state index contributed by atoms with van der Waals surface area (Å²) >= 11 is 0. The third-order valence-corrected chi connectivity index (χ3v) is 3.79. The lowest BCUT2D eigenvalue weighted by atomic mass is 10.1. The predicted molar refractivity (Wildman–Crippen MR) is 74.4 cm³/mol. The van der Waals surface area contributed by atoms with Gasteiger partial charge in [-0.1, -0.05) is 0 Å². The molecule has 1 saturated heterocycles. The standard InChI is InChI=1S/C15H19F2N3/c1-10(2)20-4-3-11(9-20)8-19-15-13(16)5-12(7-18)6-14(15)17/h5-6,10-11,19H,3-4,8-9H2,1-2H3. The molecule has 1 atom stereocenters. The molecule has 1 aromatic rings. The highest BCUT2D eigenvalue weighted by molar-refractivity contribution is 5.50. The highest BCUT2D eigenvalue weighted by atomic mass is 19.1. The molecule has 2 rings (SSSR count). The predicted octanol–water partition coefficient (Wildman–Crippen LogP) is 2.98. The number of nitrogens with zero attached hydrogens (tertiary/aromatic N) is 2. The second kappa shape index (κ2) is 6.19. The van der Waals surface area contributed by atoms with Gasteiger partial charge in [-0.2, -0.15) is 5.26 Å². The zero-order chi connectivity index (χ0) is 14.7. The number of halogens is 2. The first-order chi connectivity index (χ1) is 9.51. The molecule has 20 heavy (non-hydrogen) atoms. The lowest BCUT2D eigenvalue weighted by molar-refractivity contribution is 0.266. The van der Waals surface area contributed by atoms with Gasteiger partial charge in [-0.05, 0) is 44.9 Å². The van der Waals surface area contributed by atoms with Crippen molar-refractivity contribution in [1.29, 1.82) is 5.26 Å². The number of nitrogens with one attached hydrogen (secondary N) is 1. The Morgan fingerprint density at radius 3 is 2.55 bits per heavy atom. The van der Waals surface area contributed by atoms with Crippen molar-refractivity contribution in [1.82, 2.24) is 4.90 Å². The Hall–Kier alpha value is -1.67. The van der Waals surface area contributed by atoms with Gasteiger partial charge < -0.3 is 10.2 Å². The summed E-state index contributed by atoms with van der Waals surface area (Å²) in [6.45, 7) is 6.82. The van der Waals surface area contributed by atoms with Gasteiger partial charge in [0.25, 0.3) is 0 Å². The molecule has 0 bridgehead atoms. The molecule has 3 nitrogen and oxygen atoms in total. The highest BCUT2D eigenvalue weighted by Gasteiger charge is 2.24. The van der Waals surface area contributed by atoms with Crippen molar-refractivity contribution in [2.75, 3.05) is 25.0 Å². The summed E-state index contributed by atoms with van der Waals surface area (Å²) in [5.74, 6) is -1.02.